The number of nitrogens with zero attached hydrogens (tertiary/aromatic N) is 1. The van der Waals surface area contributed by atoms with Crippen molar-refractivity contribution in [1.82, 2.24) is 11.1 Å². The van der Waals surface area contributed by atoms with Gasteiger partial charge in [0.1, 0.15) is 5.15 Å². The minimum absolute atomic E-state index is 0. The van der Waals surface area contributed by atoms with Gasteiger partial charge in [0.25, 0.3) is 0 Å². The van der Waals surface area contributed by atoms with Gasteiger partial charge in [0, 0.05) is 6.20 Å². The smallest absolute Gasteiger partial charge is 0.149 e. The quantitative estimate of drug-likeness (QED) is 0.652. The summed E-state index contributed by atoms with van der Waals surface area (Å²) in [5, 5.41) is 0.974. The van der Waals surface area contributed by atoms with Crippen molar-refractivity contribution < 1.29 is 0 Å². The van der Waals surface area contributed by atoms with E-state index in [9.17, 15) is 0 Å². The molecule has 0 bridgehead atoms. The Kier molecular flexibility index (Phi) is 3.98. The van der Waals surface area contributed by atoms with Crippen LogP contribution < -0.4 is 6.15 Å². The predicted octanol–water partition coefficient (Wildman–Crippen LogP) is 3.20. The first-order chi connectivity index (χ1) is 4.22. The normalized spacial score (nSPS) is 8.70. The third kappa shape index (κ3) is 1.99. The molecular formula is C5H5Cl3N2. The fourth-order valence-electron chi connectivity index (χ4n) is 0.397. The first-order valence-electron chi connectivity index (χ1n) is 2.17. The molecule has 0 aliphatic rings. The van der Waals surface area contributed by atoms with Crippen molar-refractivity contribution in [2.24, 2.45) is 0 Å². The first kappa shape index (κ1) is 9.98. The molecule has 0 amide bonds. The number of pyridine rings is 1. The van der Waals surface area contributed by atoms with Crippen molar-refractivity contribution >= 4 is 34.8 Å². The van der Waals surface area contributed by atoms with Crippen molar-refractivity contribution in [3.63, 3.8) is 0 Å². The van der Waals surface area contributed by atoms with Crippen LogP contribution in [0.4, 0.5) is 0 Å². The lowest BCUT2D eigenvalue weighted by Crippen LogP contribution is -1.74. The Morgan fingerprint density at radius 2 is 1.80 bits per heavy atom. The predicted molar refractivity (Wildman–Crippen MR) is 44.3 cm³/mol. The van der Waals surface area contributed by atoms with Crippen LogP contribution in [-0.2, 0) is 0 Å². The van der Waals surface area contributed by atoms with Crippen LogP contribution in [0.3, 0.4) is 0 Å². The standard InChI is InChI=1S/C5H2Cl3N.H3N/c6-3-1-2-9-5(8)4(3)7;/h1-2H;1H3. The van der Waals surface area contributed by atoms with Gasteiger partial charge in [-0.15, -0.1) is 0 Å². The van der Waals surface area contributed by atoms with Crippen LogP contribution in [0.25, 0.3) is 0 Å². The molecule has 0 atom stereocenters. The summed E-state index contributed by atoms with van der Waals surface area (Å²) in [5.74, 6) is 0. The Morgan fingerprint density at radius 1 is 1.20 bits per heavy atom. The van der Waals surface area contributed by atoms with E-state index < -0.39 is 0 Å². The summed E-state index contributed by atoms with van der Waals surface area (Å²) in [4.78, 5) is 3.69. The second kappa shape index (κ2) is 3.98. The number of aromatic nitrogens is 1. The molecule has 1 heterocycles. The zero-order valence-corrected chi connectivity index (χ0v) is 7.21. The molecule has 0 aromatic carbocycles. The Bertz CT molecular complexity index is 206. The molecule has 1 rings (SSSR count). The highest BCUT2D eigenvalue weighted by molar-refractivity contribution is 6.47. The molecular weight excluding hydrogens is 194 g/mol. The van der Waals surface area contributed by atoms with Gasteiger partial charge in [-0.1, -0.05) is 34.8 Å². The number of hydrogen-bond donors (Lipinski definition) is 1. The van der Waals surface area contributed by atoms with Crippen molar-refractivity contribution in [2.45, 2.75) is 0 Å². The van der Waals surface area contributed by atoms with Crippen LogP contribution >= 0.6 is 34.8 Å². The number of hydrogen-bond acceptors (Lipinski definition) is 2. The molecule has 0 saturated carbocycles. The molecule has 0 aliphatic heterocycles. The maximum atomic E-state index is 5.56. The van der Waals surface area contributed by atoms with Crippen molar-refractivity contribution in [2.75, 3.05) is 0 Å². The number of rotatable bonds is 0. The summed E-state index contributed by atoms with van der Waals surface area (Å²) < 4.78 is 0. The van der Waals surface area contributed by atoms with Crippen LogP contribution in [0.2, 0.25) is 15.2 Å². The van der Waals surface area contributed by atoms with Gasteiger partial charge in [-0.2, -0.15) is 0 Å². The van der Waals surface area contributed by atoms with E-state index in [1.165, 1.54) is 6.20 Å². The summed E-state index contributed by atoms with van der Waals surface area (Å²) >= 11 is 16.6. The number of halogens is 3. The lowest BCUT2D eigenvalue weighted by atomic mass is 10.5. The molecule has 0 unspecified atom stereocenters. The molecule has 56 valence electrons. The first-order valence-corrected chi connectivity index (χ1v) is 3.30. The maximum absolute atomic E-state index is 5.56. The lowest BCUT2D eigenvalue weighted by molar-refractivity contribution is 1.33. The van der Waals surface area contributed by atoms with E-state index in [2.05, 4.69) is 4.98 Å². The van der Waals surface area contributed by atoms with Crippen molar-refractivity contribution in [3.05, 3.63) is 27.5 Å². The van der Waals surface area contributed by atoms with Gasteiger partial charge >= 0.3 is 0 Å². The van der Waals surface area contributed by atoms with E-state index in [1.807, 2.05) is 0 Å². The van der Waals surface area contributed by atoms with E-state index >= 15 is 0 Å². The summed E-state index contributed by atoms with van der Waals surface area (Å²) in [6.45, 7) is 0. The van der Waals surface area contributed by atoms with Gasteiger partial charge in [0.2, 0.25) is 0 Å². The third-order valence-corrected chi connectivity index (χ3v) is 1.98. The molecule has 1 aromatic heterocycles. The highest BCUT2D eigenvalue weighted by atomic mass is 35.5. The van der Waals surface area contributed by atoms with Gasteiger partial charge in [0.05, 0.1) is 10.0 Å². The molecule has 10 heavy (non-hydrogen) atoms. The molecule has 5 heteroatoms. The second-order valence-corrected chi connectivity index (χ2v) is 2.54. The van der Waals surface area contributed by atoms with Crippen LogP contribution in [0.15, 0.2) is 12.3 Å². The average Bonchev–Trinajstić information content (AvgIpc) is 1.83. The summed E-state index contributed by atoms with van der Waals surface area (Å²) in [5.41, 5.74) is 0. The highest BCUT2D eigenvalue weighted by Crippen LogP contribution is 2.26. The summed E-state index contributed by atoms with van der Waals surface area (Å²) in [7, 11) is 0. The van der Waals surface area contributed by atoms with Crippen LogP contribution in [0, 0.1) is 0 Å². The Balaban J connectivity index is 0.000000810. The lowest BCUT2D eigenvalue weighted by Gasteiger charge is -1.93. The van der Waals surface area contributed by atoms with E-state index in [1.54, 1.807) is 6.07 Å². The molecule has 3 N–H and O–H groups in total. The van der Waals surface area contributed by atoms with E-state index in [4.69, 9.17) is 34.8 Å². The average molecular weight is 199 g/mol. The zero-order chi connectivity index (χ0) is 6.85. The van der Waals surface area contributed by atoms with Crippen molar-refractivity contribution in [1.29, 1.82) is 0 Å². The molecule has 0 fully saturated rings. The highest BCUT2D eigenvalue weighted by Gasteiger charge is 2.00. The summed E-state index contributed by atoms with van der Waals surface area (Å²) in [6.07, 6.45) is 1.50. The minimum Gasteiger partial charge on any atom is -0.344 e. The van der Waals surface area contributed by atoms with E-state index in [0.29, 0.717) is 10.0 Å². The maximum Gasteiger partial charge on any atom is 0.149 e. The van der Waals surface area contributed by atoms with Gasteiger partial charge in [-0.05, 0) is 6.07 Å². The largest absolute Gasteiger partial charge is 0.344 e. The SMILES string of the molecule is Clc1ccnc(Cl)c1Cl.N. The fraction of sp³-hybridized carbons (Fsp3) is 0. The minimum atomic E-state index is 0. The molecule has 0 aliphatic carbocycles. The van der Waals surface area contributed by atoms with E-state index in [0.717, 1.165) is 0 Å². The van der Waals surface area contributed by atoms with Gasteiger partial charge in [-0.25, -0.2) is 4.98 Å². The van der Waals surface area contributed by atoms with Gasteiger partial charge < -0.3 is 6.15 Å². The molecule has 0 saturated heterocycles. The molecule has 0 spiro atoms. The topological polar surface area (TPSA) is 47.9 Å². The van der Waals surface area contributed by atoms with Crippen LogP contribution in [0.1, 0.15) is 0 Å². The second-order valence-electron chi connectivity index (χ2n) is 1.40. The van der Waals surface area contributed by atoms with Crippen LogP contribution in [-0.4, -0.2) is 4.98 Å². The van der Waals surface area contributed by atoms with Gasteiger partial charge in [0.15, 0.2) is 0 Å². The fourth-order valence-corrected chi connectivity index (χ4v) is 0.861. The molecule has 1 aromatic rings. The summed E-state index contributed by atoms with van der Waals surface area (Å²) in [6, 6.07) is 1.58. The Morgan fingerprint density at radius 3 is 2.20 bits per heavy atom. The van der Waals surface area contributed by atoms with Gasteiger partial charge in [-0.3, -0.25) is 0 Å². The van der Waals surface area contributed by atoms with Crippen LogP contribution in [0.5, 0.6) is 0 Å². The monoisotopic (exact) mass is 198 g/mol. The third-order valence-electron chi connectivity index (χ3n) is 0.800. The van der Waals surface area contributed by atoms with Crippen molar-refractivity contribution in [3.8, 4) is 0 Å². The molecule has 0 radical (unpaired) electrons. The molecule has 2 nitrogen and oxygen atoms in total. The Hall–Kier alpha value is -0.0200. The van der Waals surface area contributed by atoms with E-state index in [-0.39, 0.29) is 11.3 Å². The Labute approximate surface area is 73.7 Å². The zero-order valence-electron chi connectivity index (χ0n) is 4.94.